The standard InChI is InChI=1S/C52H60N10O8/c1-57(2)49(68)36-14-10-35(11-15-36)32-60-29-30-61-40(18-20-42(61)52(60)22-6-23-52)47(66)53-31-34-12-16-37(17-13-34)54-43(63)9-3-4-24-58-25-27-59(28-26-58)33-45(65)55-39-8-5-7-38-46(39)51(70)62(50(38)69)41-19-21-44(64)56-48(41)67/h5,7-8,10-18,20,41H,3-4,6,9,19,21-33H2,1-2H3,(H,53,66)(H,54,63)(H,55,65)(H,56,64,67). The highest BCUT2D eigenvalue weighted by Crippen LogP contribution is 2.49. The van der Waals surface area contributed by atoms with Gasteiger partial charge in [-0.15, -0.1) is 0 Å². The van der Waals surface area contributed by atoms with E-state index in [9.17, 15) is 38.4 Å². The lowest BCUT2D eigenvalue weighted by Gasteiger charge is -2.53. The predicted molar refractivity (Wildman–Crippen MR) is 260 cm³/mol. The first-order valence-corrected chi connectivity index (χ1v) is 24.3. The number of carbonyl (C=O) groups is 8. The molecule has 70 heavy (non-hydrogen) atoms. The van der Waals surface area contributed by atoms with Crippen LogP contribution in [0.15, 0.2) is 78.9 Å². The summed E-state index contributed by atoms with van der Waals surface area (Å²) in [5.74, 6) is -2.98. The number of anilines is 2. The molecule has 2 saturated heterocycles. The number of nitrogens with one attached hydrogen (secondary N) is 4. The number of rotatable bonds is 16. The van der Waals surface area contributed by atoms with E-state index in [1.165, 1.54) is 11.8 Å². The van der Waals surface area contributed by atoms with Crippen molar-refractivity contribution in [3.05, 3.63) is 118 Å². The number of benzene rings is 3. The number of nitrogens with zero attached hydrogens (tertiary/aromatic N) is 6. The Kier molecular flexibility index (Phi) is 14.1. The van der Waals surface area contributed by atoms with Crippen molar-refractivity contribution < 1.29 is 38.4 Å². The molecule has 4 aliphatic heterocycles. The Balaban J connectivity index is 0.665. The average Bonchev–Trinajstić information content (AvgIpc) is 3.88. The van der Waals surface area contributed by atoms with Crippen molar-refractivity contribution in [3.8, 4) is 0 Å². The van der Waals surface area contributed by atoms with Crippen molar-refractivity contribution in [2.45, 2.75) is 82.6 Å². The van der Waals surface area contributed by atoms with Crippen LogP contribution >= 0.6 is 0 Å². The fourth-order valence-corrected chi connectivity index (χ4v) is 10.5. The Morgan fingerprint density at radius 2 is 1.49 bits per heavy atom. The summed E-state index contributed by atoms with van der Waals surface area (Å²) in [7, 11) is 3.51. The maximum absolute atomic E-state index is 13.5. The molecule has 1 unspecified atom stereocenters. The molecule has 18 heteroatoms. The molecule has 5 heterocycles. The third-order valence-electron chi connectivity index (χ3n) is 14.4. The highest BCUT2D eigenvalue weighted by Gasteiger charge is 2.49. The quantitative estimate of drug-likeness (QED) is 0.0940. The van der Waals surface area contributed by atoms with Gasteiger partial charge in [-0.2, -0.15) is 0 Å². The number of fused-ring (bicyclic) bond motifs is 3. The summed E-state index contributed by atoms with van der Waals surface area (Å²) in [4.78, 5) is 112. The van der Waals surface area contributed by atoms with Crippen LogP contribution in [0.5, 0.6) is 0 Å². The van der Waals surface area contributed by atoms with Crippen LogP contribution in [0.2, 0.25) is 0 Å². The van der Waals surface area contributed by atoms with Crippen molar-refractivity contribution in [2.24, 2.45) is 0 Å². The van der Waals surface area contributed by atoms with Gasteiger partial charge in [0.15, 0.2) is 0 Å². The summed E-state index contributed by atoms with van der Waals surface area (Å²) in [5.41, 5.74) is 5.55. The van der Waals surface area contributed by atoms with Gasteiger partial charge >= 0.3 is 0 Å². The van der Waals surface area contributed by atoms with Crippen LogP contribution < -0.4 is 21.3 Å². The van der Waals surface area contributed by atoms with Crippen LogP contribution in [0, 0.1) is 0 Å². The van der Waals surface area contributed by atoms with Crippen molar-refractivity contribution in [3.63, 3.8) is 0 Å². The molecule has 18 nitrogen and oxygen atoms in total. The minimum Gasteiger partial charge on any atom is -0.347 e. The highest BCUT2D eigenvalue weighted by atomic mass is 16.2. The number of piperidine rings is 1. The summed E-state index contributed by atoms with van der Waals surface area (Å²) in [6, 6.07) is 23.0. The van der Waals surface area contributed by atoms with E-state index in [2.05, 4.69) is 41.7 Å². The molecule has 0 radical (unpaired) electrons. The molecular weight excluding hydrogens is 893 g/mol. The second-order valence-corrected chi connectivity index (χ2v) is 19.2. The minimum atomic E-state index is -1.09. The minimum absolute atomic E-state index is 0.0110. The molecule has 366 valence electrons. The van der Waals surface area contributed by atoms with Crippen LogP contribution in [0.25, 0.3) is 0 Å². The van der Waals surface area contributed by atoms with Crippen molar-refractivity contribution in [1.29, 1.82) is 0 Å². The van der Waals surface area contributed by atoms with Gasteiger partial charge in [-0.25, -0.2) is 0 Å². The zero-order chi connectivity index (χ0) is 49.1. The highest BCUT2D eigenvalue weighted by molar-refractivity contribution is 6.26. The third-order valence-corrected chi connectivity index (χ3v) is 14.4. The average molecular weight is 953 g/mol. The largest absolute Gasteiger partial charge is 0.347 e. The van der Waals surface area contributed by atoms with Gasteiger partial charge in [0.05, 0.1) is 28.9 Å². The predicted octanol–water partition coefficient (Wildman–Crippen LogP) is 3.78. The molecule has 0 bridgehead atoms. The molecular formula is C52H60N10O8. The van der Waals surface area contributed by atoms with E-state index in [0.29, 0.717) is 49.5 Å². The number of piperazine rings is 1. The summed E-state index contributed by atoms with van der Waals surface area (Å²) in [6.07, 6.45) is 5.23. The smallest absolute Gasteiger partial charge is 0.268 e. The van der Waals surface area contributed by atoms with E-state index in [-0.39, 0.29) is 65.4 Å². The lowest BCUT2D eigenvalue weighted by atomic mass is 9.71. The Morgan fingerprint density at radius 3 is 2.19 bits per heavy atom. The first-order chi connectivity index (χ1) is 33.8. The lowest BCUT2D eigenvalue weighted by Crippen LogP contribution is -2.56. The third kappa shape index (κ3) is 10.0. The van der Waals surface area contributed by atoms with Gasteiger partial charge in [0.2, 0.25) is 23.6 Å². The van der Waals surface area contributed by atoms with Crippen molar-refractivity contribution in [1.82, 2.24) is 39.7 Å². The van der Waals surface area contributed by atoms with E-state index in [1.807, 2.05) is 59.5 Å². The first kappa shape index (κ1) is 48.0. The van der Waals surface area contributed by atoms with Crippen LogP contribution in [0.3, 0.4) is 0 Å². The van der Waals surface area contributed by atoms with Gasteiger partial charge in [0.25, 0.3) is 23.6 Å². The molecule has 3 aromatic carbocycles. The monoisotopic (exact) mass is 952 g/mol. The Labute approximate surface area is 406 Å². The molecule has 4 N–H and O–H groups in total. The van der Waals surface area contributed by atoms with Crippen LogP contribution in [-0.2, 0) is 44.4 Å². The molecule has 1 aliphatic carbocycles. The van der Waals surface area contributed by atoms with Crippen LogP contribution in [-0.4, -0.2) is 142 Å². The summed E-state index contributed by atoms with van der Waals surface area (Å²) >= 11 is 0. The summed E-state index contributed by atoms with van der Waals surface area (Å²) in [6.45, 7) is 6.44. The molecule has 1 saturated carbocycles. The fraction of sp³-hybridized carbons (Fsp3) is 0.423. The summed E-state index contributed by atoms with van der Waals surface area (Å²) in [5, 5.41) is 11.1. The van der Waals surface area contributed by atoms with Gasteiger partial charge < -0.3 is 30.3 Å². The van der Waals surface area contributed by atoms with Gasteiger partial charge in [-0.3, -0.25) is 58.4 Å². The number of hydrogen-bond donors (Lipinski definition) is 4. The van der Waals surface area contributed by atoms with E-state index in [1.54, 1.807) is 31.1 Å². The van der Waals surface area contributed by atoms with E-state index in [0.717, 1.165) is 80.9 Å². The lowest BCUT2D eigenvalue weighted by molar-refractivity contribution is -0.136. The van der Waals surface area contributed by atoms with Crippen molar-refractivity contribution >= 4 is 58.6 Å². The number of aromatic nitrogens is 1. The topological polar surface area (TPSA) is 206 Å². The maximum atomic E-state index is 13.5. The first-order valence-electron chi connectivity index (χ1n) is 24.3. The number of unbranched alkanes of at least 4 members (excludes halogenated alkanes) is 1. The van der Waals surface area contributed by atoms with Crippen molar-refractivity contribution in [2.75, 3.05) is 70.5 Å². The van der Waals surface area contributed by atoms with E-state index < -0.39 is 29.7 Å². The van der Waals surface area contributed by atoms with Gasteiger partial charge in [0.1, 0.15) is 11.7 Å². The second-order valence-electron chi connectivity index (χ2n) is 19.2. The molecule has 1 spiro atoms. The van der Waals surface area contributed by atoms with E-state index in [4.69, 9.17) is 0 Å². The van der Waals surface area contributed by atoms with E-state index >= 15 is 0 Å². The zero-order valence-electron chi connectivity index (χ0n) is 39.8. The molecule has 1 atom stereocenters. The molecule has 5 aliphatic rings. The Bertz CT molecular complexity index is 2700. The molecule has 9 rings (SSSR count). The number of imide groups is 2. The number of amides is 8. The van der Waals surface area contributed by atoms with Gasteiger partial charge in [-0.1, -0.05) is 30.3 Å². The van der Waals surface area contributed by atoms with Gasteiger partial charge in [0, 0.05) is 96.2 Å². The molecule has 8 amide bonds. The van der Waals surface area contributed by atoms with Crippen LogP contribution in [0.4, 0.5) is 11.4 Å². The fourth-order valence-electron chi connectivity index (χ4n) is 10.5. The van der Waals surface area contributed by atoms with Crippen LogP contribution in [0.1, 0.15) is 110 Å². The number of carbonyl (C=O) groups excluding carboxylic acids is 8. The maximum Gasteiger partial charge on any atom is 0.268 e. The summed E-state index contributed by atoms with van der Waals surface area (Å²) < 4.78 is 2.19. The Hall–Kier alpha value is -7.02. The molecule has 3 fully saturated rings. The molecule has 1 aromatic heterocycles. The van der Waals surface area contributed by atoms with Gasteiger partial charge in [-0.05, 0) is 105 Å². The zero-order valence-corrected chi connectivity index (χ0v) is 39.8. The number of hydrogen-bond acceptors (Lipinski definition) is 11. The molecule has 4 aromatic rings. The SMILES string of the molecule is CN(C)C(=O)c1ccc(CN2CCn3c(C(=O)NCc4ccc(NC(=O)CCCCN5CCN(CC(=O)Nc6cccc7c6C(=O)N(C6CCC(=O)NC6=O)C7=O)CC5)cc4)ccc3C23CCC3)cc1. The normalized spacial score (nSPS) is 19.0. The Morgan fingerprint density at radius 1 is 0.757 bits per heavy atom. The second kappa shape index (κ2) is 20.5.